The minimum Gasteiger partial charge on any atom is -0.387 e. The molecule has 1 unspecified atom stereocenters. The molecule has 0 amide bonds. The first-order valence-corrected chi connectivity index (χ1v) is 14.0. The SMILES string of the molecule is C/C(OS(=O)(=O)C(F)(F)F)=C1/C[C@@H](c2ccccc2)O[C@H]1c1ccc([N+](=O)[O-])cc1.CC#CCC(O)c1ccccc1. The number of alkyl halides is 3. The van der Waals surface area contributed by atoms with E-state index in [1.807, 2.05) is 30.3 Å². The number of aliphatic hydroxyl groups is 1. The molecule has 0 aromatic heterocycles. The average molecular weight is 604 g/mol. The van der Waals surface area contributed by atoms with Crippen molar-refractivity contribution in [3.8, 4) is 11.8 Å². The Morgan fingerprint density at radius 1 is 1.05 bits per heavy atom. The fraction of sp³-hybridized carbons (Fsp3) is 0.267. The van der Waals surface area contributed by atoms with Crippen molar-refractivity contribution in [1.29, 1.82) is 0 Å². The molecule has 3 atom stereocenters. The van der Waals surface area contributed by atoms with Gasteiger partial charge in [-0.1, -0.05) is 60.7 Å². The lowest BCUT2D eigenvalue weighted by Gasteiger charge is -2.16. The van der Waals surface area contributed by atoms with Crippen LogP contribution in [0.3, 0.4) is 0 Å². The third-order valence-corrected chi connectivity index (χ3v) is 7.26. The summed E-state index contributed by atoms with van der Waals surface area (Å²) in [7, 11) is -5.84. The summed E-state index contributed by atoms with van der Waals surface area (Å²) in [5, 5.41) is 20.4. The van der Waals surface area contributed by atoms with Gasteiger partial charge >= 0.3 is 15.6 Å². The molecule has 1 N–H and O–H groups in total. The number of hydrogen-bond acceptors (Lipinski definition) is 7. The Morgan fingerprint density at radius 3 is 2.14 bits per heavy atom. The van der Waals surface area contributed by atoms with E-state index >= 15 is 0 Å². The summed E-state index contributed by atoms with van der Waals surface area (Å²) < 4.78 is 71.4. The third-order valence-electron chi connectivity index (χ3n) is 6.23. The number of halogens is 3. The molecule has 42 heavy (non-hydrogen) atoms. The number of nitro benzene ring substituents is 1. The van der Waals surface area contributed by atoms with Crippen molar-refractivity contribution in [1.82, 2.24) is 0 Å². The Balaban J connectivity index is 0.000000337. The third kappa shape index (κ3) is 8.42. The molecule has 4 rings (SSSR count). The van der Waals surface area contributed by atoms with Crippen LogP contribution in [0, 0.1) is 22.0 Å². The van der Waals surface area contributed by atoms with Crippen molar-refractivity contribution in [2.45, 2.75) is 50.5 Å². The van der Waals surface area contributed by atoms with Gasteiger partial charge in [0.15, 0.2) is 0 Å². The molecule has 1 heterocycles. The minimum atomic E-state index is -5.84. The molecular formula is C30H28F3NO7S. The molecule has 0 spiro atoms. The summed E-state index contributed by atoms with van der Waals surface area (Å²) >= 11 is 0. The highest BCUT2D eigenvalue weighted by Crippen LogP contribution is 2.47. The van der Waals surface area contributed by atoms with Crippen LogP contribution in [0.5, 0.6) is 0 Å². The number of rotatable bonds is 7. The van der Waals surface area contributed by atoms with Gasteiger partial charge < -0.3 is 14.0 Å². The molecule has 222 valence electrons. The van der Waals surface area contributed by atoms with Gasteiger partial charge in [0.1, 0.15) is 11.9 Å². The molecule has 8 nitrogen and oxygen atoms in total. The van der Waals surface area contributed by atoms with Gasteiger partial charge in [-0.15, -0.1) is 11.8 Å². The standard InChI is InChI=1S/C19H16F3NO6S.C11H12O/c1-12(29-30(26,27)19(20,21)22)16-11-17(13-5-3-2-4-6-13)28-18(16)14-7-9-15(10-8-14)23(24)25;1-2-3-9-11(12)10-7-5-4-6-8-10/h2-10,17-18H,11H2,1H3;4-8,11-12H,9H2,1H3/b16-12+;/t17-,18-;/m0./s1. The van der Waals surface area contributed by atoms with E-state index in [9.17, 15) is 36.8 Å². The van der Waals surface area contributed by atoms with Gasteiger partial charge in [0, 0.05) is 30.5 Å². The Morgan fingerprint density at radius 2 is 1.62 bits per heavy atom. The van der Waals surface area contributed by atoms with Crippen molar-refractivity contribution in [2.75, 3.05) is 0 Å². The quantitative estimate of drug-likeness (QED) is 0.0767. The van der Waals surface area contributed by atoms with Gasteiger partial charge in [-0.3, -0.25) is 10.1 Å². The van der Waals surface area contributed by atoms with Gasteiger partial charge in [-0.05, 0) is 42.7 Å². The highest BCUT2D eigenvalue weighted by atomic mass is 32.2. The largest absolute Gasteiger partial charge is 0.534 e. The van der Waals surface area contributed by atoms with Crippen LogP contribution >= 0.6 is 0 Å². The molecule has 12 heteroatoms. The van der Waals surface area contributed by atoms with E-state index in [0.29, 0.717) is 12.0 Å². The molecule has 0 radical (unpaired) electrons. The smallest absolute Gasteiger partial charge is 0.387 e. The van der Waals surface area contributed by atoms with Gasteiger partial charge in [0.2, 0.25) is 0 Å². The van der Waals surface area contributed by atoms with E-state index in [4.69, 9.17) is 4.74 Å². The fourth-order valence-electron chi connectivity index (χ4n) is 4.10. The zero-order valence-corrected chi connectivity index (χ0v) is 23.4. The maximum absolute atomic E-state index is 12.7. The number of nitro groups is 1. The van der Waals surface area contributed by atoms with Crippen LogP contribution in [0.25, 0.3) is 0 Å². The number of aliphatic hydroxyl groups excluding tert-OH is 1. The lowest BCUT2D eigenvalue weighted by atomic mass is 9.97. The highest BCUT2D eigenvalue weighted by molar-refractivity contribution is 7.87. The van der Waals surface area contributed by atoms with Gasteiger partial charge in [0.25, 0.3) is 5.69 Å². The van der Waals surface area contributed by atoms with Crippen LogP contribution in [0.15, 0.2) is 96.3 Å². The molecule has 1 aliphatic rings. The number of nitrogens with zero attached hydrogens (tertiary/aromatic N) is 1. The number of hydrogen-bond donors (Lipinski definition) is 1. The van der Waals surface area contributed by atoms with Crippen molar-refractivity contribution in [2.24, 2.45) is 0 Å². The normalized spacial score (nSPS) is 18.5. The lowest BCUT2D eigenvalue weighted by molar-refractivity contribution is -0.384. The number of ether oxygens (including phenoxy) is 1. The fourth-order valence-corrected chi connectivity index (χ4v) is 4.63. The first-order valence-electron chi connectivity index (χ1n) is 12.6. The molecule has 1 fully saturated rings. The predicted octanol–water partition coefficient (Wildman–Crippen LogP) is 7.07. The van der Waals surface area contributed by atoms with Crippen molar-refractivity contribution >= 4 is 15.8 Å². The predicted molar refractivity (Wildman–Crippen MR) is 149 cm³/mol. The van der Waals surface area contributed by atoms with E-state index < -0.39 is 44.6 Å². The van der Waals surface area contributed by atoms with Crippen molar-refractivity contribution < 1.29 is 40.5 Å². The first kappa shape index (κ1) is 32.3. The van der Waals surface area contributed by atoms with Crippen molar-refractivity contribution in [3.63, 3.8) is 0 Å². The molecule has 3 aromatic rings. The summed E-state index contributed by atoms with van der Waals surface area (Å²) in [6.45, 7) is 2.89. The molecular weight excluding hydrogens is 575 g/mol. The van der Waals surface area contributed by atoms with E-state index in [1.54, 1.807) is 37.3 Å². The summed E-state index contributed by atoms with van der Waals surface area (Å²) in [6.07, 6.45) is -1.34. The maximum atomic E-state index is 12.7. The van der Waals surface area contributed by atoms with Crippen LogP contribution in [0.4, 0.5) is 18.9 Å². The second-order valence-electron chi connectivity index (χ2n) is 9.09. The van der Waals surface area contributed by atoms with Gasteiger partial charge in [-0.25, -0.2) is 0 Å². The summed E-state index contributed by atoms with van der Waals surface area (Å²) in [5.74, 6) is 5.15. The molecule has 1 saturated heterocycles. The summed E-state index contributed by atoms with van der Waals surface area (Å²) in [5.41, 5.74) is -3.46. The zero-order chi connectivity index (χ0) is 30.9. The number of non-ortho nitro benzene ring substituents is 1. The summed E-state index contributed by atoms with van der Waals surface area (Å²) in [4.78, 5) is 10.3. The number of allylic oxidation sites excluding steroid dienone is 1. The van der Waals surface area contributed by atoms with Crippen molar-refractivity contribution in [3.05, 3.63) is 123 Å². The van der Waals surface area contributed by atoms with Crippen LogP contribution in [-0.4, -0.2) is 24.0 Å². The highest BCUT2D eigenvalue weighted by Gasteiger charge is 2.49. The van der Waals surface area contributed by atoms with Crippen LogP contribution < -0.4 is 0 Å². The van der Waals surface area contributed by atoms with Crippen LogP contribution in [0.2, 0.25) is 0 Å². The Bertz CT molecular complexity index is 1550. The second kappa shape index (κ2) is 14.1. The van der Waals surface area contributed by atoms with E-state index in [-0.39, 0.29) is 17.7 Å². The van der Waals surface area contributed by atoms with Crippen LogP contribution in [0.1, 0.15) is 61.7 Å². The van der Waals surface area contributed by atoms with Crippen LogP contribution in [-0.2, 0) is 19.0 Å². The Hall–Kier alpha value is -4.18. The molecule has 0 bridgehead atoms. The van der Waals surface area contributed by atoms with E-state index in [2.05, 4.69) is 16.0 Å². The number of benzene rings is 3. The Labute approximate surface area is 241 Å². The molecule has 0 aliphatic carbocycles. The maximum Gasteiger partial charge on any atom is 0.534 e. The average Bonchev–Trinajstić information content (AvgIpc) is 3.42. The monoisotopic (exact) mass is 603 g/mol. The zero-order valence-electron chi connectivity index (χ0n) is 22.6. The minimum absolute atomic E-state index is 0.0882. The van der Waals surface area contributed by atoms with E-state index in [0.717, 1.165) is 18.1 Å². The van der Waals surface area contributed by atoms with E-state index in [1.165, 1.54) is 24.3 Å². The summed E-state index contributed by atoms with van der Waals surface area (Å²) in [6, 6.07) is 23.7. The molecule has 0 saturated carbocycles. The lowest BCUT2D eigenvalue weighted by Crippen LogP contribution is -2.25. The van der Waals surface area contributed by atoms with Gasteiger partial charge in [-0.2, -0.15) is 21.6 Å². The first-order chi connectivity index (χ1) is 19.8. The van der Waals surface area contributed by atoms with Gasteiger partial charge in [0.05, 0.1) is 17.1 Å². The molecule has 1 aliphatic heterocycles. The topological polar surface area (TPSA) is 116 Å². The molecule has 3 aromatic carbocycles. The second-order valence-corrected chi connectivity index (χ2v) is 10.6. The Kier molecular flexibility index (Phi) is 10.9.